The highest BCUT2D eigenvalue weighted by atomic mass is 16.5. The van der Waals surface area contributed by atoms with Gasteiger partial charge in [0, 0.05) is 0 Å². The minimum absolute atomic E-state index is 0.0159. The lowest BCUT2D eigenvalue weighted by atomic mass is 9.67. The fourth-order valence-electron chi connectivity index (χ4n) is 4.31. The molecule has 3 nitrogen and oxygen atoms in total. The van der Waals surface area contributed by atoms with Crippen LogP contribution in [0.1, 0.15) is 39.0 Å². The number of fused-ring (bicyclic) bond motifs is 3. The van der Waals surface area contributed by atoms with Crippen molar-refractivity contribution in [2.75, 3.05) is 6.61 Å². The van der Waals surface area contributed by atoms with Crippen molar-refractivity contribution in [3.05, 3.63) is 0 Å². The van der Waals surface area contributed by atoms with E-state index < -0.39 is 0 Å². The van der Waals surface area contributed by atoms with Gasteiger partial charge < -0.3 is 4.74 Å². The lowest BCUT2D eigenvalue weighted by molar-refractivity contribution is -0.148. The summed E-state index contributed by atoms with van der Waals surface area (Å²) in [4.78, 5) is 11.9. The molecule has 0 N–H and O–H groups in total. The fourth-order valence-corrected chi connectivity index (χ4v) is 4.31. The van der Waals surface area contributed by atoms with Crippen molar-refractivity contribution in [3.8, 4) is 6.07 Å². The number of nitriles is 1. The van der Waals surface area contributed by atoms with Crippen molar-refractivity contribution in [3.63, 3.8) is 0 Å². The number of esters is 1. The Morgan fingerprint density at radius 3 is 2.88 bits per heavy atom. The van der Waals surface area contributed by atoms with E-state index in [4.69, 9.17) is 4.74 Å². The Kier molecular flexibility index (Phi) is 1.90. The minimum Gasteiger partial charge on any atom is -0.465 e. The molecule has 2 saturated carbocycles. The molecule has 0 aromatic carbocycles. The number of cyclic esters (lactones) is 1. The lowest BCUT2D eigenvalue weighted by Gasteiger charge is -2.34. The van der Waals surface area contributed by atoms with Crippen LogP contribution in [0.4, 0.5) is 0 Å². The normalized spacial score (nSPS) is 50.4. The van der Waals surface area contributed by atoms with Gasteiger partial charge in [-0.1, -0.05) is 0 Å². The summed E-state index contributed by atoms with van der Waals surface area (Å²) in [6, 6.07) is 2.45. The highest BCUT2D eigenvalue weighted by Gasteiger charge is 2.60. The predicted molar refractivity (Wildman–Crippen MR) is 57.2 cm³/mol. The first-order chi connectivity index (χ1) is 7.58. The van der Waals surface area contributed by atoms with Gasteiger partial charge in [-0.2, -0.15) is 5.26 Å². The Hall–Kier alpha value is -1.04. The van der Waals surface area contributed by atoms with E-state index in [9.17, 15) is 10.1 Å². The number of hydrogen-bond donors (Lipinski definition) is 0. The molecule has 2 aliphatic carbocycles. The molecule has 0 radical (unpaired) electrons. The van der Waals surface area contributed by atoms with Crippen molar-refractivity contribution in [1.82, 2.24) is 0 Å². The van der Waals surface area contributed by atoms with Crippen LogP contribution in [0.2, 0.25) is 0 Å². The monoisotopic (exact) mass is 219 g/mol. The van der Waals surface area contributed by atoms with E-state index in [-0.39, 0.29) is 16.8 Å². The van der Waals surface area contributed by atoms with E-state index in [1.54, 1.807) is 0 Å². The van der Waals surface area contributed by atoms with Crippen molar-refractivity contribution in [2.45, 2.75) is 39.0 Å². The first kappa shape index (κ1) is 10.1. The van der Waals surface area contributed by atoms with Crippen LogP contribution in [-0.2, 0) is 9.53 Å². The molecule has 2 bridgehead atoms. The molecule has 86 valence electrons. The van der Waals surface area contributed by atoms with Gasteiger partial charge in [0.25, 0.3) is 0 Å². The minimum atomic E-state index is -0.209. The van der Waals surface area contributed by atoms with Gasteiger partial charge in [0.1, 0.15) is 0 Å². The summed E-state index contributed by atoms with van der Waals surface area (Å²) in [5.41, 5.74) is -0.417. The van der Waals surface area contributed by atoms with Crippen molar-refractivity contribution in [2.24, 2.45) is 22.7 Å². The summed E-state index contributed by atoms with van der Waals surface area (Å²) in [5, 5.41) is 9.24. The highest BCUT2D eigenvalue weighted by Crippen LogP contribution is 2.61. The van der Waals surface area contributed by atoms with Crippen molar-refractivity contribution < 1.29 is 9.53 Å². The summed E-state index contributed by atoms with van der Waals surface area (Å²) in [7, 11) is 0. The van der Waals surface area contributed by atoms with Gasteiger partial charge in [0.05, 0.1) is 23.5 Å². The molecule has 1 saturated heterocycles. The summed E-state index contributed by atoms with van der Waals surface area (Å²) in [6.07, 6.45) is 4.83. The maximum atomic E-state index is 11.9. The first-order valence-corrected chi connectivity index (χ1v) is 6.16. The summed E-state index contributed by atoms with van der Waals surface area (Å²) >= 11 is 0. The van der Waals surface area contributed by atoms with E-state index in [1.165, 1.54) is 0 Å². The molecule has 1 aliphatic heterocycles. The standard InChI is InChI=1S/C13H17NO2/c1-12(8-14)5-9-4-10(7-12)13(6-9)2-3-16-11(13)15/h9-10H,2-7H2,1H3. The smallest absolute Gasteiger partial charge is 0.312 e. The number of nitrogens with zero attached hydrogens (tertiary/aromatic N) is 1. The summed E-state index contributed by atoms with van der Waals surface area (Å²) < 4.78 is 5.18. The molecule has 16 heavy (non-hydrogen) atoms. The van der Waals surface area contributed by atoms with Gasteiger partial charge in [0.2, 0.25) is 0 Å². The molecule has 3 heteroatoms. The van der Waals surface area contributed by atoms with Crippen LogP contribution in [0, 0.1) is 34.0 Å². The Labute approximate surface area is 95.8 Å². The lowest BCUT2D eigenvalue weighted by Crippen LogP contribution is -2.33. The van der Waals surface area contributed by atoms with Crippen LogP contribution in [0.5, 0.6) is 0 Å². The number of ether oxygens (including phenoxy) is 1. The molecular weight excluding hydrogens is 202 g/mol. The largest absolute Gasteiger partial charge is 0.465 e. The van der Waals surface area contributed by atoms with Crippen LogP contribution in [0.3, 0.4) is 0 Å². The summed E-state index contributed by atoms with van der Waals surface area (Å²) in [5.74, 6) is 0.974. The van der Waals surface area contributed by atoms with E-state index >= 15 is 0 Å². The quantitative estimate of drug-likeness (QED) is 0.587. The predicted octanol–water partition coefficient (Wildman–Crippen LogP) is 2.27. The molecule has 4 atom stereocenters. The zero-order valence-corrected chi connectivity index (χ0v) is 9.66. The zero-order chi connectivity index (χ0) is 11.4. The number of carbonyl (C=O) groups is 1. The van der Waals surface area contributed by atoms with E-state index in [1.807, 2.05) is 6.92 Å². The van der Waals surface area contributed by atoms with Gasteiger partial charge in [-0.15, -0.1) is 0 Å². The maximum absolute atomic E-state index is 11.9. The third kappa shape index (κ3) is 1.16. The summed E-state index contributed by atoms with van der Waals surface area (Å²) in [6.45, 7) is 2.64. The molecule has 3 fully saturated rings. The fraction of sp³-hybridized carbons (Fsp3) is 0.846. The molecule has 0 amide bonds. The second kappa shape index (κ2) is 3.00. The third-order valence-corrected chi connectivity index (χ3v) is 4.95. The van der Waals surface area contributed by atoms with E-state index in [0.29, 0.717) is 18.4 Å². The zero-order valence-electron chi connectivity index (χ0n) is 9.66. The van der Waals surface area contributed by atoms with Crippen LogP contribution in [-0.4, -0.2) is 12.6 Å². The average molecular weight is 219 g/mol. The molecule has 1 spiro atoms. The van der Waals surface area contributed by atoms with Gasteiger partial charge >= 0.3 is 5.97 Å². The van der Waals surface area contributed by atoms with E-state index in [2.05, 4.69) is 6.07 Å². The molecule has 3 rings (SSSR count). The Balaban J connectivity index is 1.93. The number of carbonyl (C=O) groups excluding carboxylic acids is 1. The third-order valence-electron chi connectivity index (χ3n) is 4.95. The second-order valence-electron chi connectivity index (χ2n) is 6.13. The number of rotatable bonds is 0. The van der Waals surface area contributed by atoms with E-state index in [0.717, 1.165) is 32.1 Å². The van der Waals surface area contributed by atoms with Gasteiger partial charge in [-0.3, -0.25) is 4.79 Å². The van der Waals surface area contributed by atoms with Crippen LogP contribution in [0.15, 0.2) is 0 Å². The van der Waals surface area contributed by atoms with Gasteiger partial charge in [0.15, 0.2) is 0 Å². The average Bonchev–Trinajstić information content (AvgIpc) is 2.72. The molecule has 3 aliphatic rings. The Bertz CT molecular complexity index is 386. The van der Waals surface area contributed by atoms with Crippen molar-refractivity contribution >= 4 is 5.97 Å². The topological polar surface area (TPSA) is 50.1 Å². The highest BCUT2D eigenvalue weighted by molar-refractivity contribution is 5.79. The molecule has 1 heterocycles. The van der Waals surface area contributed by atoms with Gasteiger partial charge in [-0.05, 0) is 50.9 Å². The molecule has 0 aromatic heterocycles. The van der Waals surface area contributed by atoms with Gasteiger partial charge in [-0.25, -0.2) is 0 Å². The number of hydrogen-bond acceptors (Lipinski definition) is 3. The molecule has 0 aromatic rings. The van der Waals surface area contributed by atoms with Crippen molar-refractivity contribution in [1.29, 1.82) is 5.26 Å². The Morgan fingerprint density at radius 2 is 2.25 bits per heavy atom. The van der Waals surface area contributed by atoms with Crippen LogP contribution in [0.25, 0.3) is 0 Å². The second-order valence-corrected chi connectivity index (χ2v) is 6.13. The maximum Gasteiger partial charge on any atom is 0.312 e. The van der Waals surface area contributed by atoms with Crippen LogP contribution >= 0.6 is 0 Å². The molecular formula is C13H17NO2. The first-order valence-electron chi connectivity index (χ1n) is 6.16. The molecule has 4 unspecified atom stereocenters. The Morgan fingerprint density at radius 1 is 1.44 bits per heavy atom. The van der Waals surface area contributed by atoms with Crippen LogP contribution < -0.4 is 0 Å². The SMILES string of the molecule is CC1(C#N)CC2CC(C1)C1(CCOC1=O)C2.